The van der Waals surface area contributed by atoms with E-state index in [9.17, 15) is 22.8 Å². The van der Waals surface area contributed by atoms with Crippen molar-refractivity contribution in [2.75, 3.05) is 17.2 Å². The lowest BCUT2D eigenvalue weighted by Gasteiger charge is -2.09. The Morgan fingerprint density at radius 3 is 2.59 bits per heavy atom. The van der Waals surface area contributed by atoms with Crippen LogP contribution in [0, 0.1) is 0 Å². The van der Waals surface area contributed by atoms with Crippen LogP contribution in [0.4, 0.5) is 24.5 Å². The number of nitrogens with one attached hydrogen (secondary N) is 3. The van der Waals surface area contributed by atoms with E-state index < -0.39 is 24.6 Å². The van der Waals surface area contributed by atoms with Gasteiger partial charge in [0.25, 0.3) is 0 Å². The van der Waals surface area contributed by atoms with Crippen LogP contribution in [0.25, 0.3) is 10.9 Å². The standard InChI is InChI=1S/C16H12F3N5O3/c17-16(18,19)8-27-13-2-1-9(5-22-13)23-14(25)15(26)24-12-7-21-11-3-4-20-6-10(11)12/h1-7,21H,8H2,(H,23,25)(H,24,26). The van der Waals surface area contributed by atoms with Gasteiger partial charge in [0.05, 0.1) is 23.1 Å². The molecule has 0 radical (unpaired) electrons. The van der Waals surface area contributed by atoms with Crippen molar-refractivity contribution in [3.63, 3.8) is 0 Å². The fourth-order valence-corrected chi connectivity index (χ4v) is 2.13. The van der Waals surface area contributed by atoms with Crippen LogP contribution in [0.3, 0.4) is 0 Å². The van der Waals surface area contributed by atoms with Gasteiger partial charge < -0.3 is 20.4 Å². The number of hydrogen-bond acceptors (Lipinski definition) is 5. The molecule has 3 N–H and O–H groups in total. The number of aromatic amines is 1. The summed E-state index contributed by atoms with van der Waals surface area (Å²) in [5, 5.41) is 5.36. The number of rotatable bonds is 4. The third-order valence-electron chi connectivity index (χ3n) is 3.32. The summed E-state index contributed by atoms with van der Waals surface area (Å²) >= 11 is 0. The molecule has 0 saturated heterocycles. The minimum absolute atomic E-state index is 0.120. The maximum absolute atomic E-state index is 12.1. The van der Waals surface area contributed by atoms with E-state index in [4.69, 9.17) is 0 Å². The van der Waals surface area contributed by atoms with Gasteiger partial charge in [-0.25, -0.2) is 4.98 Å². The number of carbonyl (C=O) groups is 2. The van der Waals surface area contributed by atoms with Crippen LogP contribution < -0.4 is 15.4 Å². The first kappa shape index (κ1) is 18.2. The molecule has 0 atom stereocenters. The predicted molar refractivity (Wildman–Crippen MR) is 89.1 cm³/mol. The normalized spacial score (nSPS) is 11.2. The van der Waals surface area contributed by atoms with Crippen LogP contribution in [-0.2, 0) is 9.59 Å². The SMILES string of the molecule is O=C(Nc1ccc(OCC(F)(F)F)nc1)C(=O)Nc1c[nH]c2ccncc12. The summed E-state index contributed by atoms with van der Waals surface area (Å²) in [7, 11) is 0. The minimum Gasteiger partial charge on any atom is -0.468 e. The molecular formula is C16H12F3N5O3. The van der Waals surface area contributed by atoms with E-state index in [0.29, 0.717) is 11.1 Å². The van der Waals surface area contributed by atoms with E-state index in [2.05, 4.69) is 30.3 Å². The first-order valence-electron chi connectivity index (χ1n) is 7.51. The number of hydrogen-bond donors (Lipinski definition) is 3. The summed E-state index contributed by atoms with van der Waals surface area (Å²) in [5.41, 5.74) is 1.24. The number of fused-ring (bicyclic) bond motifs is 1. The molecule has 0 aromatic carbocycles. The van der Waals surface area contributed by atoms with E-state index in [0.717, 1.165) is 17.8 Å². The number of alkyl halides is 3. The van der Waals surface area contributed by atoms with Gasteiger partial charge in [0.2, 0.25) is 5.88 Å². The molecular weight excluding hydrogens is 367 g/mol. The molecule has 3 aromatic heterocycles. The smallest absolute Gasteiger partial charge is 0.422 e. The summed E-state index contributed by atoms with van der Waals surface area (Å²) in [6, 6.07) is 4.11. The van der Waals surface area contributed by atoms with E-state index in [1.807, 2.05) is 0 Å². The van der Waals surface area contributed by atoms with Crippen LogP contribution in [0.5, 0.6) is 5.88 Å². The lowest BCUT2D eigenvalue weighted by molar-refractivity contribution is -0.154. The van der Waals surface area contributed by atoms with Gasteiger partial charge in [0.1, 0.15) is 0 Å². The highest BCUT2D eigenvalue weighted by Crippen LogP contribution is 2.21. The number of aromatic nitrogens is 3. The van der Waals surface area contributed by atoms with Gasteiger partial charge >= 0.3 is 18.0 Å². The van der Waals surface area contributed by atoms with Crippen molar-refractivity contribution in [3.8, 4) is 5.88 Å². The summed E-state index contributed by atoms with van der Waals surface area (Å²) in [4.78, 5) is 34.5. The molecule has 0 saturated carbocycles. The second kappa shape index (κ2) is 7.32. The van der Waals surface area contributed by atoms with Crippen LogP contribution in [0.1, 0.15) is 0 Å². The molecule has 3 rings (SSSR count). The zero-order chi connectivity index (χ0) is 19.4. The summed E-state index contributed by atoms with van der Waals surface area (Å²) < 4.78 is 40.7. The molecule has 3 aromatic rings. The molecule has 2 amide bonds. The summed E-state index contributed by atoms with van der Waals surface area (Å²) in [6.45, 7) is -1.48. The van der Waals surface area contributed by atoms with Gasteiger partial charge in [-0.15, -0.1) is 0 Å². The molecule has 27 heavy (non-hydrogen) atoms. The van der Waals surface area contributed by atoms with Gasteiger partial charge in [0.15, 0.2) is 6.61 Å². The molecule has 0 unspecified atom stereocenters. The quantitative estimate of drug-likeness (QED) is 0.604. The molecule has 0 bridgehead atoms. The molecule has 0 aliphatic heterocycles. The maximum Gasteiger partial charge on any atom is 0.422 e. The van der Waals surface area contributed by atoms with Crippen molar-refractivity contribution < 1.29 is 27.5 Å². The van der Waals surface area contributed by atoms with Crippen LogP contribution in [0.2, 0.25) is 0 Å². The number of anilines is 2. The number of halogens is 3. The van der Waals surface area contributed by atoms with E-state index in [1.54, 1.807) is 12.3 Å². The first-order chi connectivity index (χ1) is 12.8. The zero-order valence-electron chi connectivity index (χ0n) is 13.5. The average molecular weight is 379 g/mol. The highest BCUT2D eigenvalue weighted by atomic mass is 19.4. The zero-order valence-corrected chi connectivity index (χ0v) is 13.5. The fraction of sp³-hybridized carbons (Fsp3) is 0.125. The highest BCUT2D eigenvalue weighted by molar-refractivity contribution is 6.44. The monoisotopic (exact) mass is 379 g/mol. The van der Waals surface area contributed by atoms with Gasteiger partial charge in [0, 0.05) is 30.0 Å². The van der Waals surface area contributed by atoms with Gasteiger partial charge in [-0.1, -0.05) is 0 Å². The molecule has 0 fully saturated rings. The molecule has 140 valence electrons. The Balaban J connectivity index is 1.59. The Morgan fingerprint density at radius 2 is 1.89 bits per heavy atom. The molecule has 3 heterocycles. The largest absolute Gasteiger partial charge is 0.468 e. The van der Waals surface area contributed by atoms with Crippen molar-refractivity contribution in [1.29, 1.82) is 0 Å². The van der Waals surface area contributed by atoms with Crippen molar-refractivity contribution >= 4 is 34.1 Å². The van der Waals surface area contributed by atoms with Crippen LogP contribution in [0.15, 0.2) is 43.0 Å². The van der Waals surface area contributed by atoms with Gasteiger partial charge in [-0.3, -0.25) is 14.6 Å². The number of amides is 2. The summed E-state index contributed by atoms with van der Waals surface area (Å²) in [6.07, 6.45) is 1.22. The Morgan fingerprint density at radius 1 is 1.11 bits per heavy atom. The maximum atomic E-state index is 12.1. The number of pyridine rings is 2. The third kappa shape index (κ3) is 4.71. The topological polar surface area (TPSA) is 109 Å². The average Bonchev–Trinajstić information content (AvgIpc) is 3.03. The molecule has 0 aliphatic rings. The Bertz CT molecular complexity index is 969. The Labute approximate surface area is 149 Å². The summed E-state index contributed by atoms with van der Waals surface area (Å²) in [5.74, 6) is -2.17. The third-order valence-corrected chi connectivity index (χ3v) is 3.32. The van der Waals surface area contributed by atoms with Gasteiger partial charge in [-0.05, 0) is 12.1 Å². The molecule has 0 spiro atoms. The second-order valence-electron chi connectivity index (χ2n) is 5.32. The van der Waals surface area contributed by atoms with Crippen LogP contribution >= 0.6 is 0 Å². The van der Waals surface area contributed by atoms with Crippen molar-refractivity contribution in [1.82, 2.24) is 15.0 Å². The van der Waals surface area contributed by atoms with E-state index in [1.165, 1.54) is 18.5 Å². The second-order valence-corrected chi connectivity index (χ2v) is 5.32. The first-order valence-corrected chi connectivity index (χ1v) is 7.51. The lowest BCUT2D eigenvalue weighted by atomic mass is 10.3. The minimum atomic E-state index is -4.48. The van der Waals surface area contributed by atoms with Crippen molar-refractivity contribution in [2.45, 2.75) is 6.18 Å². The number of carbonyl (C=O) groups excluding carboxylic acids is 2. The van der Waals surface area contributed by atoms with Crippen molar-refractivity contribution in [2.24, 2.45) is 0 Å². The highest BCUT2D eigenvalue weighted by Gasteiger charge is 2.28. The lowest BCUT2D eigenvalue weighted by Crippen LogP contribution is -2.29. The number of ether oxygens (including phenoxy) is 1. The van der Waals surface area contributed by atoms with E-state index in [-0.39, 0.29) is 11.6 Å². The Kier molecular flexibility index (Phi) is 4.92. The molecule has 8 nitrogen and oxygen atoms in total. The van der Waals surface area contributed by atoms with Gasteiger partial charge in [-0.2, -0.15) is 13.2 Å². The predicted octanol–water partition coefficient (Wildman–Crippen LogP) is 2.48. The number of nitrogens with zero attached hydrogens (tertiary/aromatic N) is 2. The fourth-order valence-electron chi connectivity index (χ4n) is 2.13. The molecule has 11 heteroatoms. The van der Waals surface area contributed by atoms with Crippen molar-refractivity contribution in [3.05, 3.63) is 43.0 Å². The number of H-pyrrole nitrogens is 1. The molecule has 0 aliphatic carbocycles. The Hall–Kier alpha value is -3.63. The van der Waals surface area contributed by atoms with E-state index >= 15 is 0 Å². The van der Waals surface area contributed by atoms with Crippen LogP contribution in [-0.4, -0.2) is 39.5 Å².